The van der Waals surface area contributed by atoms with E-state index >= 15 is 0 Å². The lowest BCUT2D eigenvalue weighted by atomic mass is 10.1. The van der Waals surface area contributed by atoms with Crippen LogP contribution in [-0.2, 0) is 6.54 Å². The molecule has 2 N–H and O–H groups in total. The van der Waals surface area contributed by atoms with Crippen molar-refractivity contribution < 1.29 is 31.6 Å². The first-order valence-electron chi connectivity index (χ1n) is 8.33. The number of anilines is 1. The summed E-state index contributed by atoms with van der Waals surface area (Å²) in [4.78, 5) is 24.4. The fraction of sp³-hybridized carbons (Fsp3) is 0.100. The molecule has 0 spiro atoms. The average molecular weight is 406 g/mol. The largest absolute Gasteiger partial charge is 0.467 e. The summed E-state index contributed by atoms with van der Waals surface area (Å²) in [6.45, 7) is 1.27. The van der Waals surface area contributed by atoms with Gasteiger partial charge >= 0.3 is 0 Å². The Morgan fingerprint density at radius 3 is 2.38 bits per heavy atom. The molecule has 9 heteroatoms. The van der Waals surface area contributed by atoms with E-state index in [0.29, 0.717) is 11.8 Å². The van der Waals surface area contributed by atoms with E-state index in [0.717, 1.165) is 12.1 Å². The zero-order chi connectivity index (χ0) is 21.1. The van der Waals surface area contributed by atoms with Crippen LogP contribution in [0.5, 0.6) is 0 Å². The van der Waals surface area contributed by atoms with Gasteiger partial charge in [-0.3, -0.25) is 9.59 Å². The van der Waals surface area contributed by atoms with Crippen LogP contribution in [0, 0.1) is 30.2 Å². The lowest BCUT2D eigenvalue weighted by Crippen LogP contribution is -2.24. The number of aryl methyl sites for hydroxylation is 1. The third-order valence-corrected chi connectivity index (χ3v) is 4.07. The molecule has 0 bridgehead atoms. The molecule has 0 aliphatic heterocycles. The molecule has 1 heterocycles. The summed E-state index contributed by atoms with van der Waals surface area (Å²) in [5.41, 5.74) is -1.80. The monoisotopic (exact) mass is 406 g/mol. The van der Waals surface area contributed by atoms with Crippen LogP contribution < -0.4 is 10.6 Å². The van der Waals surface area contributed by atoms with Crippen LogP contribution in [0.2, 0.25) is 0 Å². The van der Waals surface area contributed by atoms with E-state index < -0.39 is 51.9 Å². The number of rotatable bonds is 5. The molecule has 2 aromatic carbocycles. The van der Waals surface area contributed by atoms with E-state index in [-0.39, 0.29) is 12.1 Å². The van der Waals surface area contributed by atoms with Crippen molar-refractivity contribution >= 4 is 17.5 Å². The van der Waals surface area contributed by atoms with Gasteiger partial charge < -0.3 is 15.1 Å². The topological polar surface area (TPSA) is 71.3 Å². The second-order valence-corrected chi connectivity index (χ2v) is 6.09. The summed E-state index contributed by atoms with van der Waals surface area (Å²) in [6.07, 6.45) is 1.39. The molecular weight excluding hydrogens is 392 g/mol. The Kier molecular flexibility index (Phi) is 5.67. The predicted molar refractivity (Wildman–Crippen MR) is 95.3 cm³/mol. The predicted octanol–water partition coefficient (Wildman–Crippen LogP) is 4.33. The van der Waals surface area contributed by atoms with E-state index in [1.807, 2.05) is 5.32 Å². The Balaban J connectivity index is 1.82. The summed E-state index contributed by atoms with van der Waals surface area (Å²) < 4.78 is 60.7. The molecule has 0 atom stereocenters. The van der Waals surface area contributed by atoms with Crippen molar-refractivity contribution in [2.45, 2.75) is 13.5 Å². The molecule has 3 aromatic rings. The first-order valence-corrected chi connectivity index (χ1v) is 8.33. The zero-order valence-corrected chi connectivity index (χ0v) is 15.0. The molecule has 1 aromatic heterocycles. The smallest absolute Gasteiger partial charge is 0.258 e. The number of hydrogen-bond acceptors (Lipinski definition) is 3. The van der Waals surface area contributed by atoms with Crippen LogP contribution in [0.25, 0.3) is 0 Å². The minimum Gasteiger partial charge on any atom is -0.467 e. The number of benzene rings is 2. The summed E-state index contributed by atoms with van der Waals surface area (Å²) in [7, 11) is 0. The second-order valence-electron chi connectivity index (χ2n) is 6.09. The molecule has 0 radical (unpaired) electrons. The molecule has 2 amide bonds. The SMILES string of the molecule is Cc1ccc(C(=O)Nc2cc(C(=O)NCc3ccco3)c(F)cc2F)c(F)c1F. The summed E-state index contributed by atoms with van der Waals surface area (Å²) in [5.74, 6) is -6.60. The number of nitrogens with one attached hydrogen (secondary N) is 2. The van der Waals surface area contributed by atoms with Crippen molar-refractivity contribution in [2.75, 3.05) is 5.32 Å². The maximum absolute atomic E-state index is 14.1. The molecule has 3 rings (SSSR count). The molecule has 29 heavy (non-hydrogen) atoms. The number of carbonyl (C=O) groups excluding carboxylic acids is 2. The number of furan rings is 1. The van der Waals surface area contributed by atoms with Crippen molar-refractivity contribution in [1.82, 2.24) is 5.32 Å². The zero-order valence-electron chi connectivity index (χ0n) is 15.0. The van der Waals surface area contributed by atoms with Gasteiger partial charge in [0, 0.05) is 6.07 Å². The third kappa shape index (κ3) is 4.29. The van der Waals surface area contributed by atoms with Gasteiger partial charge in [0.25, 0.3) is 11.8 Å². The standard InChI is InChI=1S/C20H14F4N2O3/c1-10-4-5-12(18(24)17(10)23)20(28)26-16-7-13(14(21)8-15(16)22)19(27)25-9-11-3-2-6-29-11/h2-8H,9H2,1H3,(H,25,27)(H,26,28). The van der Waals surface area contributed by atoms with Gasteiger partial charge in [-0.25, -0.2) is 17.6 Å². The molecule has 0 saturated heterocycles. The maximum Gasteiger partial charge on any atom is 0.258 e. The van der Waals surface area contributed by atoms with Crippen molar-refractivity contribution in [1.29, 1.82) is 0 Å². The van der Waals surface area contributed by atoms with Crippen molar-refractivity contribution in [2.24, 2.45) is 0 Å². The number of hydrogen-bond donors (Lipinski definition) is 2. The molecule has 0 aliphatic rings. The quantitative estimate of drug-likeness (QED) is 0.620. The first-order chi connectivity index (χ1) is 13.8. The van der Waals surface area contributed by atoms with Crippen LogP contribution in [0.15, 0.2) is 47.1 Å². The van der Waals surface area contributed by atoms with Crippen LogP contribution in [0.3, 0.4) is 0 Å². The third-order valence-electron chi connectivity index (χ3n) is 4.07. The lowest BCUT2D eigenvalue weighted by molar-refractivity contribution is 0.0942. The molecular formula is C20H14F4N2O3. The molecule has 150 valence electrons. The van der Waals surface area contributed by atoms with Gasteiger partial charge in [-0.15, -0.1) is 0 Å². The van der Waals surface area contributed by atoms with Gasteiger partial charge in [0.15, 0.2) is 11.6 Å². The maximum atomic E-state index is 14.1. The highest BCUT2D eigenvalue weighted by molar-refractivity contribution is 6.05. The number of halogens is 4. The van der Waals surface area contributed by atoms with Crippen molar-refractivity contribution in [3.05, 3.63) is 88.4 Å². The normalized spacial score (nSPS) is 10.7. The average Bonchev–Trinajstić information content (AvgIpc) is 3.20. The molecule has 0 fully saturated rings. The Morgan fingerprint density at radius 2 is 1.69 bits per heavy atom. The van der Waals surface area contributed by atoms with Crippen LogP contribution in [-0.4, -0.2) is 11.8 Å². The van der Waals surface area contributed by atoms with Gasteiger partial charge in [-0.2, -0.15) is 0 Å². The van der Waals surface area contributed by atoms with E-state index in [4.69, 9.17) is 4.42 Å². The molecule has 5 nitrogen and oxygen atoms in total. The van der Waals surface area contributed by atoms with Crippen LogP contribution in [0.1, 0.15) is 32.0 Å². The van der Waals surface area contributed by atoms with E-state index in [9.17, 15) is 27.2 Å². The Bertz CT molecular complexity index is 1080. The highest BCUT2D eigenvalue weighted by atomic mass is 19.2. The van der Waals surface area contributed by atoms with Crippen molar-refractivity contribution in [3.8, 4) is 0 Å². The summed E-state index contributed by atoms with van der Waals surface area (Å²) >= 11 is 0. The molecule has 0 aliphatic carbocycles. The van der Waals surface area contributed by atoms with Gasteiger partial charge in [0.05, 0.1) is 29.6 Å². The molecule has 0 saturated carbocycles. The Labute approximate surface area is 162 Å². The van der Waals surface area contributed by atoms with Gasteiger partial charge in [0.1, 0.15) is 17.4 Å². The number of carbonyl (C=O) groups is 2. The van der Waals surface area contributed by atoms with Crippen molar-refractivity contribution in [3.63, 3.8) is 0 Å². The van der Waals surface area contributed by atoms with Gasteiger partial charge in [0.2, 0.25) is 0 Å². The summed E-state index contributed by atoms with van der Waals surface area (Å²) in [6, 6.07) is 6.57. The van der Waals surface area contributed by atoms with Gasteiger partial charge in [-0.1, -0.05) is 6.07 Å². The fourth-order valence-corrected chi connectivity index (χ4v) is 2.51. The highest BCUT2D eigenvalue weighted by Crippen LogP contribution is 2.22. The first kappa shape index (κ1) is 20.1. The van der Waals surface area contributed by atoms with Gasteiger partial charge in [-0.05, 0) is 36.8 Å². The Hall–Kier alpha value is -3.62. The van der Waals surface area contributed by atoms with E-state index in [1.54, 1.807) is 12.1 Å². The summed E-state index contributed by atoms with van der Waals surface area (Å²) in [5, 5.41) is 4.40. The van der Waals surface area contributed by atoms with Crippen LogP contribution >= 0.6 is 0 Å². The fourth-order valence-electron chi connectivity index (χ4n) is 2.51. The minimum atomic E-state index is -1.40. The molecule has 0 unspecified atom stereocenters. The second kappa shape index (κ2) is 8.17. The minimum absolute atomic E-state index is 0.0115. The highest BCUT2D eigenvalue weighted by Gasteiger charge is 2.21. The lowest BCUT2D eigenvalue weighted by Gasteiger charge is -2.11. The van der Waals surface area contributed by atoms with E-state index in [2.05, 4.69) is 5.32 Å². The Morgan fingerprint density at radius 1 is 0.931 bits per heavy atom. The van der Waals surface area contributed by atoms with E-state index in [1.165, 1.54) is 19.3 Å². The van der Waals surface area contributed by atoms with Crippen LogP contribution in [0.4, 0.5) is 23.2 Å². The number of amides is 2.